The Kier molecular flexibility index (Phi) is 4.76. The molecule has 0 radical (unpaired) electrons. The molecule has 4 rings (SSSR count). The molecule has 1 saturated heterocycles. The van der Waals surface area contributed by atoms with E-state index in [1.807, 2.05) is 24.3 Å². The number of benzene rings is 2. The smallest absolute Gasteiger partial charge is 0.322 e. The predicted octanol–water partition coefficient (Wildman–Crippen LogP) is 2.96. The molecule has 2 aromatic carbocycles. The number of carbonyl (C=O) groups excluding carboxylic acids is 2. The molecule has 6 nitrogen and oxygen atoms in total. The molecule has 2 aliphatic heterocycles. The minimum absolute atomic E-state index is 0.101. The van der Waals surface area contributed by atoms with Crippen molar-refractivity contribution in [2.24, 2.45) is 5.73 Å². The summed E-state index contributed by atoms with van der Waals surface area (Å²) in [7, 11) is 0. The Morgan fingerprint density at radius 2 is 2.00 bits per heavy atom. The van der Waals surface area contributed by atoms with Crippen molar-refractivity contribution in [2.75, 3.05) is 36.0 Å². The number of nitrogens with zero attached hydrogens (tertiary/aromatic N) is 2. The summed E-state index contributed by atoms with van der Waals surface area (Å²) in [4.78, 5) is 28.6. The normalized spacial score (nSPS) is 19.0. The summed E-state index contributed by atoms with van der Waals surface area (Å²) in [6.07, 6.45) is 0.828. The number of anilines is 2. The number of halogens is 1. The van der Waals surface area contributed by atoms with Crippen molar-refractivity contribution in [3.63, 3.8) is 0 Å². The highest BCUT2D eigenvalue weighted by atomic mass is 35.5. The lowest BCUT2D eigenvalue weighted by atomic mass is 9.89. The number of nitrogens with one attached hydrogen (secondary N) is 1. The van der Waals surface area contributed by atoms with Gasteiger partial charge in [0.2, 0.25) is 0 Å². The molecule has 2 aliphatic rings. The number of hydrogen-bond donors (Lipinski definition) is 2. The van der Waals surface area contributed by atoms with Gasteiger partial charge in [0, 0.05) is 30.9 Å². The first-order valence-corrected chi connectivity index (χ1v) is 9.43. The minimum atomic E-state index is -0.199. The second-order valence-electron chi connectivity index (χ2n) is 6.79. The van der Waals surface area contributed by atoms with Crippen LogP contribution in [0.1, 0.15) is 28.3 Å². The summed E-state index contributed by atoms with van der Waals surface area (Å²) in [5.41, 5.74) is 8.98. The molecular formula is C20H21ClN4O2. The van der Waals surface area contributed by atoms with E-state index in [9.17, 15) is 9.59 Å². The number of urea groups is 1. The van der Waals surface area contributed by atoms with Crippen LogP contribution in [0.2, 0.25) is 5.02 Å². The van der Waals surface area contributed by atoms with E-state index in [0.29, 0.717) is 42.5 Å². The zero-order valence-electron chi connectivity index (χ0n) is 14.8. The van der Waals surface area contributed by atoms with Gasteiger partial charge in [0.15, 0.2) is 0 Å². The fourth-order valence-electron chi connectivity index (χ4n) is 3.81. The van der Waals surface area contributed by atoms with E-state index in [2.05, 4.69) is 5.32 Å². The SMILES string of the molecule is NCC1CCN(C(=O)c2ccc(Cl)c(N3CCNC3=O)c2)c2ccccc21. The number of nitrogens with two attached hydrogens (primary N) is 1. The summed E-state index contributed by atoms with van der Waals surface area (Å²) >= 11 is 6.29. The molecule has 2 heterocycles. The molecule has 2 aromatic rings. The maximum Gasteiger partial charge on any atom is 0.322 e. The van der Waals surface area contributed by atoms with Crippen LogP contribution in [-0.4, -0.2) is 38.1 Å². The number of rotatable bonds is 3. The molecule has 0 saturated carbocycles. The number of hydrogen-bond acceptors (Lipinski definition) is 3. The maximum absolute atomic E-state index is 13.2. The van der Waals surface area contributed by atoms with Crippen molar-refractivity contribution >= 4 is 34.9 Å². The number of carbonyl (C=O) groups is 2. The van der Waals surface area contributed by atoms with Crippen molar-refractivity contribution in [1.29, 1.82) is 0 Å². The summed E-state index contributed by atoms with van der Waals surface area (Å²) < 4.78 is 0. The topological polar surface area (TPSA) is 78.7 Å². The second kappa shape index (κ2) is 7.21. The standard InChI is InChI=1S/C20H21ClN4O2/c21-16-6-5-13(11-18(16)25-10-8-23-20(25)27)19(26)24-9-7-14(12-22)15-3-1-2-4-17(15)24/h1-6,11,14H,7-10,12,22H2,(H,23,27). The Hall–Kier alpha value is -2.57. The van der Waals surface area contributed by atoms with Crippen LogP contribution >= 0.6 is 11.6 Å². The number of amides is 3. The molecule has 7 heteroatoms. The van der Waals surface area contributed by atoms with Gasteiger partial charge in [0.05, 0.1) is 10.7 Å². The average molecular weight is 385 g/mol. The van der Waals surface area contributed by atoms with Gasteiger partial charge in [-0.25, -0.2) is 4.79 Å². The Morgan fingerprint density at radius 3 is 2.74 bits per heavy atom. The van der Waals surface area contributed by atoms with Crippen molar-refractivity contribution in [3.05, 3.63) is 58.6 Å². The van der Waals surface area contributed by atoms with Crippen LogP contribution in [0.4, 0.5) is 16.2 Å². The lowest BCUT2D eigenvalue weighted by molar-refractivity contribution is 0.0984. The van der Waals surface area contributed by atoms with Gasteiger partial charge in [0.25, 0.3) is 5.91 Å². The predicted molar refractivity (Wildman–Crippen MR) is 107 cm³/mol. The Labute approximate surface area is 162 Å². The monoisotopic (exact) mass is 384 g/mol. The van der Waals surface area contributed by atoms with E-state index in [-0.39, 0.29) is 17.9 Å². The van der Waals surface area contributed by atoms with Gasteiger partial charge in [-0.15, -0.1) is 0 Å². The summed E-state index contributed by atoms with van der Waals surface area (Å²) in [6.45, 7) is 2.27. The third-order valence-electron chi connectivity index (χ3n) is 5.24. The average Bonchev–Trinajstić information content (AvgIpc) is 3.12. The Morgan fingerprint density at radius 1 is 1.19 bits per heavy atom. The van der Waals surface area contributed by atoms with Crippen LogP contribution < -0.4 is 20.9 Å². The fourth-order valence-corrected chi connectivity index (χ4v) is 4.02. The molecule has 27 heavy (non-hydrogen) atoms. The Bertz CT molecular complexity index is 901. The summed E-state index contributed by atoms with van der Waals surface area (Å²) in [5.74, 6) is 0.162. The first kappa shape index (κ1) is 17.8. The van der Waals surface area contributed by atoms with E-state index >= 15 is 0 Å². The van der Waals surface area contributed by atoms with Crippen LogP contribution in [0.3, 0.4) is 0 Å². The van der Waals surface area contributed by atoms with Crippen molar-refractivity contribution < 1.29 is 9.59 Å². The van der Waals surface area contributed by atoms with Gasteiger partial charge in [-0.3, -0.25) is 9.69 Å². The highest BCUT2D eigenvalue weighted by Gasteiger charge is 2.30. The van der Waals surface area contributed by atoms with E-state index in [1.54, 1.807) is 28.0 Å². The molecule has 1 atom stereocenters. The molecule has 0 aliphatic carbocycles. The van der Waals surface area contributed by atoms with Gasteiger partial charge in [-0.2, -0.15) is 0 Å². The van der Waals surface area contributed by atoms with Gasteiger partial charge in [0.1, 0.15) is 0 Å². The van der Waals surface area contributed by atoms with E-state index in [1.165, 1.54) is 0 Å². The van der Waals surface area contributed by atoms with Gasteiger partial charge in [-0.1, -0.05) is 29.8 Å². The fraction of sp³-hybridized carbons (Fsp3) is 0.300. The quantitative estimate of drug-likeness (QED) is 0.853. The molecule has 3 N–H and O–H groups in total. The third kappa shape index (κ3) is 3.15. The largest absolute Gasteiger partial charge is 0.336 e. The highest BCUT2D eigenvalue weighted by molar-refractivity contribution is 6.34. The summed E-state index contributed by atoms with van der Waals surface area (Å²) in [5, 5.41) is 3.20. The van der Waals surface area contributed by atoms with E-state index in [4.69, 9.17) is 17.3 Å². The highest BCUT2D eigenvalue weighted by Crippen LogP contribution is 2.36. The van der Waals surface area contributed by atoms with Crippen LogP contribution in [0.5, 0.6) is 0 Å². The summed E-state index contributed by atoms with van der Waals surface area (Å²) in [6, 6.07) is 12.8. The number of para-hydroxylation sites is 1. The molecule has 0 aromatic heterocycles. The Balaban J connectivity index is 1.68. The lowest BCUT2D eigenvalue weighted by Gasteiger charge is -2.34. The molecule has 1 fully saturated rings. The maximum atomic E-state index is 13.2. The molecule has 3 amide bonds. The van der Waals surface area contributed by atoms with Crippen LogP contribution in [0.25, 0.3) is 0 Å². The van der Waals surface area contributed by atoms with Gasteiger partial charge in [-0.05, 0) is 48.7 Å². The minimum Gasteiger partial charge on any atom is -0.336 e. The molecule has 140 valence electrons. The lowest BCUT2D eigenvalue weighted by Crippen LogP contribution is -2.38. The van der Waals surface area contributed by atoms with Crippen LogP contribution in [0, 0.1) is 0 Å². The first-order chi connectivity index (χ1) is 13.1. The van der Waals surface area contributed by atoms with E-state index in [0.717, 1.165) is 17.7 Å². The van der Waals surface area contributed by atoms with Crippen molar-refractivity contribution in [2.45, 2.75) is 12.3 Å². The third-order valence-corrected chi connectivity index (χ3v) is 5.56. The first-order valence-electron chi connectivity index (χ1n) is 9.06. The zero-order chi connectivity index (χ0) is 19.0. The van der Waals surface area contributed by atoms with Crippen LogP contribution in [0.15, 0.2) is 42.5 Å². The van der Waals surface area contributed by atoms with Crippen LogP contribution in [-0.2, 0) is 0 Å². The molecule has 0 spiro atoms. The van der Waals surface area contributed by atoms with Crippen molar-refractivity contribution in [1.82, 2.24) is 5.32 Å². The second-order valence-corrected chi connectivity index (χ2v) is 7.19. The van der Waals surface area contributed by atoms with E-state index < -0.39 is 0 Å². The van der Waals surface area contributed by atoms with Gasteiger partial charge < -0.3 is 16.0 Å². The van der Waals surface area contributed by atoms with Crippen molar-refractivity contribution in [3.8, 4) is 0 Å². The number of fused-ring (bicyclic) bond motifs is 1. The molecule has 0 bridgehead atoms. The molecular weight excluding hydrogens is 364 g/mol. The zero-order valence-corrected chi connectivity index (χ0v) is 15.6. The molecule has 1 unspecified atom stereocenters. The van der Waals surface area contributed by atoms with Gasteiger partial charge >= 0.3 is 6.03 Å².